The molecule has 0 bridgehead atoms. The van der Waals surface area contributed by atoms with Crippen LogP contribution in [0.25, 0.3) is 0 Å². The molecule has 126 valence electrons. The van der Waals surface area contributed by atoms with Gasteiger partial charge in [-0.15, -0.1) is 0 Å². The fourth-order valence-electron chi connectivity index (χ4n) is 3.38. The van der Waals surface area contributed by atoms with E-state index in [1.54, 1.807) is 0 Å². The van der Waals surface area contributed by atoms with Crippen molar-refractivity contribution in [3.8, 4) is 0 Å². The maximum atomic E-state index is 12.2. The topological polar surface area (TPSA) is 74.0 Å². The number of carbonyl (C=O) groups excluding carboxylic acids is 1. The first-order chi connectivity index (χ1) is 11.4. The van der Waals surface area contributed by atoms with Crippen molar-refractivity contribution in [1.82, 2.24) is 15.6 Å². The Balaban J connectivity index is 1.63. The minimum atomic E-state index is -0.243. The molecule has 1 aliphatic rings. The lowest BCUT2D eigenvalue weighted by molar-refractivity contribution is 0.236. The second kappa shape index (κ2) is 6.51. The Labute approximate surface area is 141 Å². The van der Waals surface area contributed by atoms with E-state index in [4.69, 9.17) is 0 Å². The summed E-state index contributed by atoms with van der Waals surface area (Å²) >= 11 is 0. The molecule has 3 N–H and O–H groups in total. The summed E-state index contributed by atoms with van der Waals surface area (Å²) in [6.07, 6.45) is 1.90. The molecule has 0 aliphatic heterocycles. The molecule has 0 fully saturated rings. The van der Waals surface area contributed by atoms with Crippen molar-refractivity contribution in [2.45, 2.75) is 46.2 Å². The van der Waals surface area contributed by atoms with E-state index in [9.17, 15) is 9.59 Å². The standard InChI is InChI=1S/C19H23N3O2/c1-11-4-6-15-14(8-11)5-7-17(15)22-19(24)20-10-16-12(2)9-13(3)21-18(16)23/h4,6,8-9,17H,5,7,10H2,1-3H3,(H,21,23)(H2,20,22,24)/t17-/m1/s1. The summed E-state index contributed by atoms with van der Waals surface area (Å²) in [5.74, 6) is 0. The van der Waals surface area contributed by atoms with E-state index >= 15 is 0 Å². The van der Waals surface area contributed by atoms with Crippen LogP contribution in [0.4, 0.5) is 4.79 Å². The smallest absolute Gasteiger partial charge is 0.315 e. The number of benzene rings is 1. The molecule has 0 unspecified atom stereocenters. The average Bonchev–Trinajstić information content (AvgIpc) is 2.88. The Morgan fingerprint density at radius 3 is 2.79 bits per heavy atom. The molecule has 2 aromatic rings. The van der Waals surface area contributed by atoms with Crippen molar-refractivity contribution in [2.24, 2.45) is 0 Å². The largest absolute Gasteiger partial charge is 0.334 e. The molecule has 1 atom stereocenters. The first-order valence-corrected chi connectivity index (χ1v) is 8.27. The van der Waals surface area contributed by atoms with Crippen molar-refractivity contribution in [2.75, 3.05) is 0 Å². The van der Waals surface area contributed by atoms with Gasteiger partial charge >= 0.3 is 6.03 Å². The van der Waals surface area contributed by atoms with Gasteiger partial charge in [0, 0.05) is 11.3 Å². The van der Waals surface area contributed by atoms with Crippen molar-refractivity contribution in [3.63, 3.8) is 0 Å². The maximum absolute atomic E-state index is 12.2. The van der Waals surface area contributed by atoms with Crippen molar-refractivity contribution >= 4 is 6.03 Å². The Bertz CT molecular complexity index is 839. The van der Waals surface area contributed by atoms with E-state index in [-0.39, 0.29) is 24.2 Å². The van der Waals surface area contributed by atoms with Gasteiger partial charge in [-0.3, -0.25) is 4.79 Å². The van der Waals surface area contributed by atoms with E-state index in [1.807, 2.05) is 19.9 Å². The number of amides is 2. The van der Waals surface area contributed by atoms with Gasteiger partial charge in [0.2, 0.25) is 0 Å². The molecule has 5 nitrogen and oxygen atoms in total. The van der Waals surface area contributed by atoms with E-state index in [0.29, 0.717) is 5.56 Å². The highest BCUT2D eigenvalue weighted by molar-refractivity contribution is 5.74. The first kappa shape index (κ1) is 16.3. The van der Waals surface area contributed by atoms with Crippen LogP contribution < -0.4 is 16.2 Å². The molecule has 1 heterocycles. The minimum Gasteiger partial charge on any atom is -0.334 e. The Morgan fingerprint density at radius 1 is 1.25 bits per heavy atom. The zero-order chi connectivity index (χ0) is 17.3. The van der Waals surface area contributed by atoms with E-state index in [2.05, 4.69) is 40.7 Å². The number of carbonyl (C=O) groups is 1. The molecule has 1 aromatic carbocycles. The van der Waals surface area contributed by atoms with Gasteiger partial charge in [0.25, 0.3) is 5.56 Å². The monoisotopic (exact) mass is 325 g/mol. The molecular weight excluding hydrogens is 302 g/mol. The highest BCUT2D eigenvalue weighted by atomic mass is 16.2. The van der Waals surface area contributed by atoms with Crippen LogP contribution in [-0.2, 0) is 13.0 Å². The first-order valence-electron chi connectivity index (χ1n) is 8.27. The number of rotatable bonds is 3. The third kappa shape index (κ3) is 3.35. The van der Waals surface area contributed by atoms with Gasteiger partial charge in [-0.1, -0.05) is 23.8 Å². The lowest BCUT2D eigenvalue weighted by Gasteiger charge is -2.15. The molecular formula is C19H23N3O2. The summed E-state index contributed by atoms with van der Waals surface area (Å²) in [6, 6.07) is 8.06. The van der Waals surface area contributed by atoms with E-state index in [1.165, 1.54) is 16.7 Å². The van der Waals surface area contributed by atoms with Crippen LogP contribution in [0.15, 0.2) is 29.1 Å². The third-order valence-electron chi connectivity index (χ3n) is 4.60. The summed E-state index contributed by atoms with van der Waals surface area (Å²) in [7, 11) is 0. The SMILES string of the molecule is Cc1ccc2c(c1)CC[C@H]2NC(=O)NCc1c(C)cc(C)[nH]c1=O. The number of aromatic amines is 1. The van der Waals surface area contributed by atoms with Crippen LogP contribution in [0, 0.1) is 20.8 Å². The van der Waals surface area contributed by atoms with Crippen LogP contribution in [0.3, 0.4) is 0 Å². The Kier molecular flexibility index (Phi) is 4.42. The molecule has 0 saturated carbocycles. The van der Waals surface area contributed by atoms with Crippen LogP contribution >= 0.6 is 0 Å². The number of H-pyrrole nitrogens is 1. The zero-order valence-corrected chi connectivity index (χ0v) is 14.3. The maximum Gasteiger partial charge on any atom is 0.315 e. The zero-order valence-electron chi connectivity index (χ0n) is 14.3. The molecule has 5 heteroatoms. The van der Waals surface area contributed by atoms with Crippen LogP contribution in [0.1, 0.15) is 46.0 Å². The van der Waals surface area contributed by atoms with E-state index in [0.717, 1.165) is 24.1 Å². The second-order valence-electron chi connectivity index (χ2n) is 6.56. The molecule has 2 amide bonds. The van der Waals surface area contributed by atoms with Crippen LogP contribution in [0.2, 0.25) is 0 Å². The quantitative estimate of drug-likeness (QED) is 0.812. The lowest BCUT2D eigenvalue weighted by atomic mass is 10.1. The number of urea groups is 1. The fourth-order valence-corrected chi connectivity index (χ4v) is 3.38. The number of aromatic nitrogens is 1. The summed E-state index contributed by atoms with van der Waals surface area (Å²) in [5.41, 5.74) is 5.91. The van der Waals surface area contributed by atoms with Crippen molar-refractivity contribution < 1.29 is 4.79 Å². The Hall–Kier alpha value is -2.56. The fraction of sp³-hybridized carbons (Fsp3) is 0.368. The summed E-state index contributed by atoms with van der Waals surface area (Å²) in [5, 5.41) is 5.81. The number of pyridine rings is 1. The van der Waals surface area contributed by atoms with Gasteiger partial charge in [-0.25, -0.2) is 4.79 Å². The number of hydrogen-bond donors (Lipinski definition) is 3. The summed E-state index contributed by atoms with van der Waals surface area (Å²) in [4.78, 5) is 27.0. The van der Waals surface area contributed by atoms with Gasteiger partial charge in [-0.05, 0) is 56.4 Å². The van der Waals surface area contributed by atoms with Crippen molar-refractivity contribution in [1.29, 1.82) is 0 Å². The molecule has 24 heavy (non-hydrogen) atoms. The molecule has 1 aromatic heterocycles. The predicted molar refractivity (Wildman–Crippen MR) is 94.1 cm³/mol. The highest BCUT2D eigenvalue weighted by Crippen LogP contribution is 2.31. The normalized spacial score (nSPS) is 15.9. The van der Waals surface area contributed by atoms with Gasteiger partial charge in [0.05, 0.1) is 12.6 Å². The minimum absolute atomic E-state index is 0.0398. The number of aryl methyl sites for hydroxylation is 4. The van der Waals surface area contributed by atoms with Gasteiger partial charge in [0.1, 0.15) is 0 Å². The Morgan fingerprint density at radius 2 is 2.04 bits per heavy atom. The lowest BCUT2D eigenvalue weighted by Crippen LogP contribution is -2.38. The molecule has 3 rings (SSSR count). The molecule has 0 saturated heterocycles. The van der Waals surface area contributed by atoms with E-state index < -0.39 is 0 Å². The number of nitrogens with one attached hydrogen (secondary N) is 3. The van der Waals surface area contributed by atoms with Gasteiger partial charge < -0.3 is 15.6 Å². The highest BCUT2D eigenvalue weighted by Gasteiger charge is 2.23. The number of fused-ring (bicyclic) bond motifs is 1. The van der Waals surface area contributed by atoms with Crippen LogP contribution in [0.5, 0.6) is 0 Å². The average molecular weight is 325 g/mol. The predicted octanol–water partition coefficient (Wildman–Crippen LogP) is 2.79. The van der Waals surface area contributed by atoms with Gasteiger partial charge in [-0.2, -0.15) is 0 Å². The van der Waals surface area contributed by atoms with Crippen molar-refractivity contribution in [3.05, 3.63) is 68.1 Å². The molecule has 1 aliphatic carbocycles. The molecule has 0 radical (unpaired) electrons. The third-order valence-corrected chi connectivity index (χ3v) is 4.60. The molecule has 0 spiro atoms. The summed E-state index contributed by atoms with van der Waals surface area (Å²) < 4.78 is 0. The summed E-state index contributed by atoms with van der Waals surface area (Å²) in [6.45, 7) is 6.03. The van der Waals surface area contributed by atoms with Crippen LogP contribution in [-0.4, -0.2) is 11.0 Å². The second-order valence-corrected chi connectivity index (χ2v) is 6.56. The van der Waals surface area contributed by atoms with Gasteiger partial charge in [0.15, 0.2) is 0 Å². The number of hydrogen-bond acceptors (Lipinski definition) is 2.